The van der Waals surface area contributed by atoms with Crippen LogP contribution in [-0.2, 0) is 0 Å². The Hall–Kier alpha value is -0.970. The van der Waals surface area contributed by atoms with Crippen LogP contribution in [0.5, 0.6) is 0 Å². The molecule has 2 aromatic rings. The molecule has 106 valence electrons. The summed E-state index contributed by atoms with van der Waals surface area (Å²) in [6.07, 6.45) is 6.41. The Kier molecular flexibility index (Phi) is 4.34. The highest BCUT2D eigenvalue weighted by atomic mass is 79.9. The van der Waals surface area contributed by atoms with E-state index in [1.807, 2.05) is 12.1 Å². The Morgan fingerprint density at radius 2 is 1.95 bits per heavy atom. The Labute approximate surface area is 128 Å². The van der Waals surface area contributed by atoms with Crippen LogP contribution in [0.2, 0.25) is 0 Å². The Morgan fingerprint density at radius 1 is 1.20 bits per heavy atom. The highest BCUT2D eigenvalue weighted by molar-refractivity contribution is 9.10. The number of nitrogens with two attached hydrogens (primary N) is 1. The minimum Gasteiger partial charge on any atom is -0.271 e. The fourth-order valence-electron chi connectivity index (χ4n) is 3.23. The topological polar surface area (TPSA) is 50.9 Å². The van der Waals surface area contributed by atoms with Gasteiger partial charge in [-0.1, -0.05) is 37.5 Å². The van der Waals surface area contributed by atoms with Crippen LogP contribution in [-0.4, -0.2) is 4.98 Å². The van der Waals surface area contributed by atoms with Crippen molar-refractivity contribution in [3.05, 3.63) is 40.5 Å². The normalized spacial score (nSPS) is 18.3. The van der Waals surface area contributed by atoms with Crippen LogP contribution in [0.3, 0.4) is 0 Å². The molecule has 3 rings (SSSR count). The van der Waals surface area contributed by atoms with E-state index in [1.165, 1.54) is 32.1 Å². The van der Waals surface area contributed by atoms with E-state index in [2.05, 4.69) is 39.6 Å². The molecule has 1 saturated carbocycles. The van der Waals surface area contributed by atoms with Crippen molar-refractivity contribution in [2.75, 3.05) is 0 Å². The van der Waals surface area contributed by atoms with Gasteiger partial charge < -0.3 is 0 Å². The molecule has 1 heterocycles. The number of nitrogens with one attached hydrogen (secondary N) is 1. The summed E-state index contributed by atoms with van der Waals surface area (Å²) in [5.41, 5.74) is 5.07. The number of hydrogen-bond donors (Lipinski definition) is 2. The number of hydrazine groups is 1. The molecule has 3 N–H and O–H groups in total. The van der Waals surface area contributed by atoms with Crippen molar-refractivity contribution >= 4 is 26.8 Å². The van der Waals surface area contributed by atoms with Crippen LogP contribution in [0.15, 0.2) is 34.8 Å². The fourth-order valence-corrected chi connectivity index (χ4v) is 3.81. The Morgan fingerprint density at radius 3 is 2.70 bits per heavy atom. The van der Waals surface area contributed by atoms with Crippen LogP contribution in [0.25, 0.3) is 10.9 Å². The summed E-state index contributed by atoms with van der Waals surface area (Å²) in [5, 5.41) is 1.16. The number of hydrogen-bond acceptors (Lipinski definition) is 3. The summed E-state index contributed by atoms with van der Waals surface area (Å²) in [6, 6.07) is 10.5. The number of nitrogens with zero attached hydrogens (tertiary/aromatic N) is 1. The van der Waals surface area contributed by atoms with Gasteiger partial charge in [0.15, 0.2) is 0 Å². The SMILES string of the molecule is NNC(c1nc2ccccc2cc1Br)C1CCCCC1. The molecule has 4 heteroatoms. The summed E-state index contributed by atoms with van der Waals surface area (Å²) in [7, 11) is 0. The first-order chi connectivity index (χ1) is 9.79. The van der Waals surface area contributed by atoms with E-state index < -0.39 is 0 Å². The van der Waals surface area contributed by atoms with Gasteiger partial charge in [-0.3, -0.25) is 11.3 Å². The molecule has 1 aromatic heterocycles. The lowest BCUT2D eigenvalue weighted by Gasteiger charge is -2.30. The second-order valence-corrected chi connectivity index (χ2v) is 6.44. The summed E-state index contributed by atoms with van der Waals surface area (Å²) in [4.78, 5) is 4.83. The third-order valence-corrected chi connectivity index (χ3v) is 4.94. The van der Waals surface area contributed by atoms with Gasteiger partial charge in [0, 0.05) is 9.86 Å². The first-order valence-electron chi connectivity index (χ1n) is 7.31. The second kappa shape index (κ2) is 6.20. The molecular formula is C16H20BrN3. The first-order valence-corrected chi connectivity index (χ1v) is 8.10. The molecule has 3 nitrogen and oxygen atoms in total. The minimum absolute atomic E-state index is 0.134. The van der Waals surface area contributed by atoms with Gasteiger partial charge in [-0.2, -0.15) is 0 Å². The molecule has 0 amide bonds. The van der Waals surface area contributed by atoms with Crippen molar-refractivity contribution in [3.8, 4) is 0 Å². The maximum absolute atomic E-state index is 5.84. The molecule has 0 spiro atoms. The smallest absolute Gasteiger partial charge is 0.0738 e. The lowest BCUT2D eigenvalue weighted by atomic mass is 9.82. The molecule has 0 aliphatic heterocycles. The van der Waals surface area contributed by atoms with Gasteiger partial charge in [-0.15, -0.1) is 0 Å². The third-order valence-electron chi connectivity index (χ3n) is 4.30. The maximum atomic E-state index is 5.84. The van der Waals surface area contributed by atoms with Gasteiger partial charge in [-0.25, -0.2) is 4.98 Å². The molecule has 1 aliphatic carbocycles. The van der Waals surface area contributed by atoms with Crippen molar-refractivity contribution in [1.82, 2.24) is 10.4 Å². The van der Waals surface area contributed by atoms with E-state index in [4.69, 9.17) is 10.8 Å². The van der Waals surface area contributed by atoms with Gasteiger partial charge in [0.25, 0.3) is 0 Å². The highest BCUT2D eigenvalue weighted by Crippen LogP contribution is 2.36. The molecule has 0 saturated heterocycles. The van der Waals surface area contributed by atoms with Crippen molar-refractivity contribution < 1.29 is 0 Å². The van der Waals surface area contributed by atoms with E-state index in [-0.39, 0.29) is 6.04 Å². The largest absolute Gasteiger partial charge is 0.271 e. The van der Waals surface area contributed by atoms with Gasteiger partial charge in [0.05, 0.1) is 17.3 Å². The number of fused-ring (bicyclic) bond motifs is 1. The quantitative estimate of drug-likeness (QED) is 0.657. The molecule has 1 aromatic carbocycles. The van der Waals surface area contributed by atoms with Crippen LogP contribution in [0.1, 0.15) is 43.8 Å². The van der Waals surface area contributed by atoms with E-state index in [1.54, 1.807) is 0 Å². The number of benzene rings is 1. The predicted octanol–water partition coefficient (Wildman–Crippen LogP) is 4.08. The monoisotopic (exact) mass is 333 g/mol. The second-order valence-electron chi connectivity index (χ2n) is 5.59. The molecular weight excluding hydrogens is 314 g/mol. The lowest BCUT2D eigenvalue weighted by molar-refractivity contribution is 0.269. The van der Waals surface area contributed by atoms with E-state index in [0.29, 0.717) is 5.92 Å². The molecule has 1 fully saturated rings. The molecule has 1 atom stereocenters. The van der Waals surface area contributed by atoms with Gasteiger partial charge in [-0.05, 0) is 46.8 Å². The minimum atomic E-state index is 0.134. The zero-order chi connectivity index (χ0) is 13.9. The number of rotatable bonds is 3. The number of halogens is 1. The molecule has 1 aliphatic rings. The number of pyridine rings is 1. The van der Waals surface area contributed by atoms with Crippen LogP contribution >= 0.6 is 15.9 Å². The van der Waals surface area contributed by atoms with Gasteiger partial charge in [0.1, 0.15) is 0 Å². The predicted molar refractivity (Wildman–Crippen MR) is 86.1 cm³/mol. The summed E-state index contributed by atoms with van der Waals surface area (Å²) < 4.78 is 1.05. The number of para-hydroxylation sites is 1. The summed E-state index contributed by atoms with van der Waals surface area (Å²) in [5.74, 6) is 6.42. The number of aromatic nitrogens is 1. The van der Waals surface area contributed by atoms with E-state index in [0.717, 1.165) is 21.1 Å². The van der Waals surface area contributed by atoms with Gasteiger partial charge >= 0.3 is 0 Å². The Bertz CT molecular complexity index is 593. The highest BCUT2D eigenvalue weighted by Gasteiger charge is 2.27. The van der Waals surface area contributed by atoms with Crippen molar-refractivity contribution in [3.63, 3.8) is 0 Å². The van der Waals surface area contributed by atoms with Crippen LogP contribution in [0, 0.1) is 5.92 Å². The molecule has 20 heavy (non-hydrogen) atoms. The lowest BCUT2D eigenvalue weighted by Crippen LogP contribution is -2.35. The molecule has 0 radical (unpaired) electrons. The average Bonchev–Trinajstić information content (AvgIpc) is 2.49. The molecule has 0 bridgehead atoms. The fraction of sp³-hybridized carbons (Fsp3) is 0.438. The van der Waals surface area contributed by atoms with Crippen LogP contribution in [0.4, 0.5) is 0 Å². The van der Waals surface area contributed by atoms with Gasteiger partial charge in [0.2, 0.25) is 0 Å². The average molecular weight is 334 g/mol. The summed E-state index contributed by atoms with van der Waals surface area (Å²) >= 11 is 3.67. The molecule has 1 unspecified atom stereocenters. The van der Waals surface area contributed by atoms with E-state index >= 15 is 0 Å². The zero-order valence-corrected chi connectivity index (χ0v) is 13.1. The maximum Gasteiger partial charge on any atom is 0.0738 e. The van der Waals surface area contributed by atoms with Crippen molar-refractivity contribution in [2.24, 2.45) is 11.8 Å². The first kappa shape index (κ1) is 14.0. The third kappa shape index (κ3) is 2.73. The zero-order valence-electron chi connectivity index (χ0n) is 11.5. The Balaban J connectivity index is 1.99. The van der Waals surface area contributed by atoms with Crippen molar-refractivity contribution in [2.45, 2.75) is 38.1 Å². The van der Waals surface area contributed by atoms with Crippen molar-refractivity contribution in [1.29, 1.82) is 0 Å². The summed E-state index contributed by atoms with van der Waals surface area (Å²) in [6.45, 7) is 0. The van der Waals surface area contributed by atoms with Crippen LogP contribution < -0.4 is 11.3 Å². The van der Waals surface area contributed by atoms with E-state index in [9.17, 15) is 0 Å². The standard InChI is InChI=1S/C16H20BrN3/c17-13-10-12-8-4-5-9-14(12)19-16(13)15(20-18)11-6-2-1-3-7-11/h4-5,8-11,15,20H,1-3,6-7,18H2.